The second-order valence-corrected chi connectivity index (χ2v) is 15.1. The molecule has 11 aromatic rings. The summed E-state index contributed by atoms with van der Waals surface area (Å²) >= 11 is 1.87. The highest BCUT2D eigenvalue weighted by molar-refractivity contribution is 7.26. The van der Waals surface area contributed by atoms with Gasteiger partial charge in [0, 0.05) is 47.9 Å². The van der Waals surface area contributed by atoms with Crippen molar-refractivity contribution in [1.29, 1.82) is 0 Å². The molecule has 0 radical (unpaired) electrons. The van der Waals surface area contributed by atoms with Crippen molar-refractivity contribution < 1.29 is 4.42 Å². The molecule has 0 aliphatic rings. The number of hydrogen-bond acceptors (Lipinski definition) is 3. The maximum atomic E-state index is 6.38. The van der Waals surface area contributed by atoms with Crippen molar-refractivity contribution in [1.82, 2.24) is 0 Å². The van der Waals surface area contributed by atoms with E-state index in [1.165, 1.54) is 53.2 Å². The SMILES string of the molecule is c1cc(-c2cccc3c2sc2ccccc23)cc(N(c2ccc(-c3cccc4ccccc34)cc2)c2ccccc2-c2ccc3c(c2)oc2ccccc23)c1. The van der Waals surface area contributed by atoms with Crippen LogP contribution in [0.1, 0.15) is 0 Å². The van der Waals surface area contributed by atoms with Crippen LogP contribution >= 0.6 is 11.3 Å². The molecule has 55 heavy (non-hydrogen) atoms. The Morgan fingerprint density at radius 2 is 1.00 bits per heavy atom. The Hall–Kier alpha value is -6.94. The number of rotatable bonds is 6. The number of furan rings is 1. The van der Waals surface area contributed by atoms with Crippen LogP contribution in [0, 0.1) is 0 Å². The zero-order valence-electron chi connectivity index (χ0n) is 29.8. The Morgan fingerprint density at radius 3 is 1.93 bits per heavy atom. The summed E-state index contributed by atoms with van der Waals surface area (Å²) in [6.07, 6.45) is 0. The van der Waals surface area contributed by atoms with Gasteiger partial charge in [-0.3, -0.25) is 0 Å². The predicted octanol–water partition coefficient (Wildman–Crippen LogP) is 15.6. The molecule has 0 aliphatic carbocycles. The molecular weight excluding hydrogens is 687 g/mol. The van der Waals surface area contributed by atoms with Crippen LogP contribution in [0.25, 0.3) is 86.3 Å². The summed E-state index contributed by atoms with van der Waals surface area (Å²) in [6.45, 7) is 0. The minimum atomic E-state index is 0.887. The van der Waals surface area contributed by atoms with Crippen molar-refractivity contribution >= 4 is 81.3 Å². The molecule has 0 fully saturated rings. The van der Waals surface area contributed by atoms with Crippen LogP contribution in [0.3, 0.4) is 0 Å². The molecule has 11 rings (SSSR count). The highest BCUT2D eigenvalue weighted by Crippen LogP contribution is 2.45. The number of fused-ring (bicyclic) bond motifs is 7. The van der Waals surface area contributed by atoms with Gasteiger partial charge in [-0.15, -0.1) is 11.3 Å². The van der Waals surface area contributed by atoms with Gasteiger partial charge in [-0.25, -0.2) is 0 Å². The van der Waals surface area contributed by atoms with Gasteiger partial charge < -0.3 is 9.32 Å². The zero-order chi connectivity index (χ0) is 36.3. The summed E-state index contributed by atoms with van der Waals surface area (Å²) in [5.41, 5.74) is 12.1. The molecule has 0 amide bonds. The van der Waals surface area contributed by atoms with Crippen molar-refractivity contribution in [2.45, 2.75) is 0 Å². The third kappa shape index (κ3) is 5.32. The van der Waals surface area contributed by atoms with Gasteiger partial charge in [0.25, 0.3) is 0 Å². The molecule has 0 spiro atoms. The lowest BCUT2D eigenvalue weighted by atomic mass is 9.97. The first-order valence-corrected chi connectivity index (χ1v) is 19.5. The third-order valence-corrected chi connectivity index (χ3v) is 12.1. The monoisotopic (exact) mass is 719 g/mol. The van der Waals surface area contributed by atoms with E-state index in [9.17, 15) is 0 Å². The molecule has 258 valence electrons. The molecule has 0 atom stereocenters. The number of para-hydroxylation sites is 2. The second-order valence-electron chi connectivity index (χ2n) is 14.1. The van der Waals surface area contributed by atoms with Crippen molar-refractivity contribution in [3.05, 3.63) is 200 Å². The largest absolute Gasteiger partial charge is 0.456 e. The summed E-state index contributed by atoms with van der Waals surface area (Å²) in [6, 6.07) is 72.2. The number of benzene rings is 9. The minimum Gasteiger partial charge on any atom is -0.456 e. The summed E-state index contributed by atoms with van der Waals surface area (Å²) in [5, 5.41) is 7.37. The van der Waals surface area contributed by atoms with Gasteiger partial charge in [-0.1, -0.05) is 146 Å². The van der Waals surface area contributed by atoms with Crippen LogP contribution < -0.4 is 4.90 Å². The van der Waals surface area contributed by atoms with Crippen LogP contribution in [0.2, 0.25) is 0 Å². The van der Waals surface area contributed by atoms with Gasteiger partial charge in [0.15, 0.2) is 0 Å². The fraction of sp³-hybridized carbons (Fsp3) is 0. The van der Waals surface area contributed by atoms with Crippen LogP contribution in [0.5, 0.6) is 0 Å². The highest BCUT2D eigenvalue weighted by Gasteiger charge is 2.20. The average molecular weight is 720 g/mol. The smallest absolute Gasteiger partial charge is 0.136 e. The van der Waals surface area contributed by atoms with Gasteiger partial charge >= 0.3 is 0 Å². The van der Waals surface area contributed by atoms with E-state index in [0.29, 0.717) is 0 Å². The maximum absolute atomic E-state index is 6.38. The van der Waals surface area contributed by atoms with Gasteiger partial charge in [0.2, 0.25) is 0 Å². The molecule has 0 saturated heterocycles. The van der Waals surface area contributed by atoms with E-state index in [0.717, 1.165) is 50.1 Å². The van der Waals surface area contributed by atoms with Gasteiger partial charge in [0.1, 0.15) is 11.2 Å². The molecule has 0 N–H and O–H groups in total. The second kappa shape index (κ2) is 12.9. The van der Waals surface area contributed by atoms with E-state index >= 15 is 0 Å². The molecule has 3 heteroatoms. The molecule has 0 bridgehead atoms. The van der Waals surface area contributed by atoms with Crippen LogP contribution in [0.4, 0.5) is 17.1 Å². The van der Waals surface area contributed by atoms with Crippen molar-refractivity contribution in [3.8, 4) is 33.4 Å². The molecule has 9 aromatic carbocycles. The average Bonchev–Trinajstić information content (AvgIpc) is 3.82. The van der Waals surface area contributed by atoms with Gasteiger partial charge in [-0.05, 0) is 93.2 Å². The molecule has 0 unspecified atom stereocenters. The number of thiophene rings is 1. The van der Waals surface area contributed by atoms with E-state index in [2.05, 4.69) is 193 Å². The Labute approximate surface area is 322 Å². The van der Waals surface area contributed by atoms with E-state index in [1.54, 1.807) is 0 Å². The lowest BCUT2D eigenvalue weighted by Gasteiger charge is -2.28. The first-order chi connectivity index (χ1) is 27.3. The van der Waals surface area contributed by atoms with Crippen molar-refractivity contribution in [2.24, 2.45) is 0 Å². The molecule has 0 aliphatic heterocycles. The van der Waals surface area contributed by atoms with Crippen molar-refractivity contribution in [2.75, 3.05) is 4.90 Å². The molecule has 2 nitrogen and oxygen atoms in total. The first-order valence-electron chi connectivity index (χ1n) is 18.7. The fourth-order valence-electron chi connectivity index (χ4n) is 8.29. The number of nitrogens with zero attached hydrogens (tertiary/aromatic N) is 1. The van der Waals surface area contributed by atoms with Crippen LogP contribution in [-0.4, -0.2) is 0 Å². The zero-order valence-corrected chi connectivity index (χ0v) is 30.6. The third-order valence-electron chi connectivity index (χ3n) is 10.9. The lowest BCUT2D eigenvalue weighted by molar-refractivity contribution is 0.669. The quantitative estimate of drug-likeness (QED) is 0.170. The molecule has 2 heterocycles. The fourth-order valence-corrected chi connectivity index (χ4v) is 9.53. The van der Waals surface area contributed by atoms with Crippen LogP contribution in [0.15, 0.2) is 205 Å². The van der Waals surface area contributed by atoms with Crippen LogP contribution in [-0.2, 0) is 0 Å². The first kappa shape index (κ1) is 31.6. The molecular formula is C52H33NOS. The lowest BCUT2D eigenvalue weighted by Crippen LogP contribution is -2.11. The summed E-state index contributed by atoms with van der Waals surface area (Å²) in [5.74, 6) is 0. The Balaban J connectivity index is 1.09. The van der Waals surface area contributed by atoms with Crippen molar-refractivity contribution in [3.63, 3.8) is 0 Å². The van der Waals surface area contributed by atoms with E-state index in [1.807, 2.05) is 23.5 Å². The Bertz CT molecular complexity index is 3220. The highest BCUT2D eigenvalue weighted by atomic mass is 32.1. The van der Waals surface area contributed by atoms with E-state index < -0.39 is 0 Å². The normalized spacial score (nSPS) is 11.6. The van der Waals surface area contributed by atoms with E-state index in [-0.39, 0.29) is 0 Å². The van der Waals surface area contributed by atoms with Gasteiger partial charge in [0.05, 0.1) is 5.69 Å². The van der Waals surface area contributed by atoms with Gasteiger partial charge in [-0.2, -0.15) is 0 Å². The Morgan fingerprint density at radius 1 is 0.364 bits per heavy atom. The molecule has 0 saturated carbocycles. The molecule has 2 aromatic heterocycles. The topological polar surface area (TPSA) is 16.4 Å². The number of hydrogen-bond donors (Lipinski definition) is 0. The predicted molar refractivity (Wildman–Crippen MR) is 235 cm³/mol. The minimum absolute atomic E-state index is 0.887. The summed E-state index contributed by atoms with van der Waals surface area (Å²) < 4.78 is 9.00. The standard InChI is InChI=1S/C52H33NOS/c1-2-16-40-34(12-1)13-10-20-41(40)35-26-29-38(30-27-35)53(39-15-9-14-36(32-39)43-21-11-22-47-46-19-5-8-25-51(46)55-52(43)47)48-23-6-3-17-42(48)37-28-31-45-44-18-4-7-24-49(44)54-50(45)33-37/h1-33H. The summed E-state index contributed by atoms with van der Waals surface area (Å²) in [7, 11) is 0. The van der Waals surface area contributed by atoms with E-state index in [4.69, 9.17) is 4.42 Å². The Kier molecular flexibility index (Phi) is 7.39. The number of anilines is 3. The maximum Gasteiger partial charge on any atom is 0.136 e. The summed E-state index contributed by atoms with van der Waals surface area (Å²) in [4.78, 5) is 2.40.